The molecule has 24 heavy (non-hydrogen) atoms. The Bertz CT molecular complexity index is 871. The van der Waals surface area contributed by atoms with Crippen molar-refractivity contribution in [3.63, 3.8) is 0 Å². The fourth-order valence-corrected chi connectivity index (χ4v) is 3.52. The van der Waals surface area contributed by atoms with Gasteiger partial charge in [-0.15, -0.1) is 0 Å². The number of benzene rings is 2. The number of carbonyl (C=O) groups excluding carboxylic acids is 1. The fraction of sp³-hybridized carbons (Fsp3) is 0.263. The van der Waals surface area contributed by atoms with Crippen LogP contribution < -0.4 is 22.3 Å². The highest BCUT2D eigenvalue weighted by atomic mass is 79.9. The van der Waals surface area contributed by atoms with E-state index in [4.69, 9.17) is 0 Å². The van der Waals surface area contributed by atoms with E-state index in [0.29, 0.717) is 0 Å². The normalized spacial score (nSPS) is 11.8. The molecule has 5 heteroatoms. The highest BCUT2D eigenvalue weighted by Crippen LogP contribution is 2.30. The number of aromatic nitrogens is 1. The Morgan fingerprint density at radius 2 is 1.75 bits per heavy atom. The van der Waals surface area contributed by atoms with Gasteiger partial charge >= 0.3 is 0 Å². The summed E-state index contributed by atoms with van der Waals surface area (Å²) < 4.78 is 1.14. The van der Waals surface area contributed by atoms with Crippen molar-refractivity contribution in [2.24, 2.45) is 0 Å². The molecular weight excluding hydrogens is 384 g/mol. The number of halogens is 1. The molecule has 1 aromatic heterocycles. The van der Waals surface area contributed by atoms with Crippen LogP contribution in [0.3, 0.4) is 0 Å². The van der Waals surface area contributed by atoms with Crippen LogP contribution in [0.25, 0.3) is 10.2 Å². The van der Waals surface area contributed by atoms with Gasteiger partial charge in [0.25, 0.3) is 0 Å². The van der Waals surface area contributed by atoms with Gasteiger partial charge in [0.1, 0.15) is 0 Å². The Hall–Kier alpha value is -1.72. The monoisotopic (exact) mass is 403 g/mol. The molecule has 3 aromatic rings. The molecule has 0 fully saturated rings. The topological polar surface area (TPSA) is 42.0 Å². The van der Waals surface area contributed by atoms with Gasteiger partial charge in [-0.25, -0.2) is 4.98 Å². The van der Waals surface area contributed by atoms with Crippen LogP contribution in [0.15, 0.2) is 36.4 Å². The van der Waals surface area contributed by atoms with Crippen molar-refractivity contribution in [3.8, 4) is 0 Å². The minimum absolute atomic E-state index is 0. The number of hydrogen-bond donors (Lipinski definition) is 1. The van der Waals surface area contributed by atoms with Crippen molar-refractivity contribution in [1.82, 2.24) is 4.98 Å². The van der Waals surface area contributed by atoms with E-state index in [9.17, 15) is 4.79 Å². The van der Waals surface area contributed by atoms with Crippen LogP contribution in [0.4, 0.5) is 5.13 Å². The van der Waals surface area contributed by atoms with E-state index in [2.05, 4.69) is 36.3 Å². The minimum atomic E-state index is -0.306. The molecule has 0 aliphatic rings. The molecule has 0 saturated carbocycles. The third-order valence-corrected chi connectivity index (χ3v) is 5.11. The zero-order valence-electron chi connectivity index (χ0n) is 14.2. The second kappa shape index (κ2) is 7.45. The minimum Gasteiger partial charge on any atom is -1.00 e. The first-order chi connectivity index (χ1) is 11.0. The zero-order chi connectivity index (χ0) is 16.6. The average molecular weight is 404 g/mol. The van der Waals surface area contributed by atoms with E-state index in [1.165, 1.54) is 11.1 Å². The Morgan fingerprint density at radius 1 is 1.08 bits per heavy atom. The third kappa shape index (κ3) is 3.68. The molecule has 3 nitrogen and oxygen atoms in total. The van der Waals surface area contributed by atoms with Crippen molar-refractivity contribution < 1.29 is 21.8 Å². The van der Waals surface area contributed by atoms with Gasteiger partial charge in [-0.3, -0.25) is 4.79 Å². The molecule has 0 radical (unpaired) electrons. The number of fused-ring (bicyclic) bond motifs is 1. The third-order valence-electron chi connectivity index (χ3n) is 4.15. The van der Waals surface area contributed by atoms with E-state index in [1.807, 2.05) is 38.1 Å². The standard InChI is InChI=1S/C19H20N2OS.BrH/c1-11-5-8-15(9-6-11)18(22)14(4)20-19-21-17-13(3)12(2)7-10-16(17)23-19;/h5-10,14H,1-4H3,(H,20,21);1H/p-1. The van der Waals surface area contributed by atoms with Crippen molar-refractivity contribution >= 4 is 32.5 Å². The number of anilines is 1. The first kappa shape index (κ1) is 18.6. The summed E-state index contributed by atoms with van der Waals surface area (Å²) in [7, 11) is 0. The van der Waals surface area contributed by atoms with Crippen LogP contribution in [0.2, 0.25) is 0 Å². The van der Waals surface area contributed by atoms with Gasteiger partial charge in [-0.1, -0.05) is 47.2 Å². The van der Waals surface area contributed by atoms with Crippen LogP contribution in [0.5, 0.6) is 0 Å². The van der Waals surface area contributed by atoms with Crippen molar-refractivity contribution in [3.05, 3.63) is 58.7 Å². The molecule has 0 aliphatic heterocycles. The molecular formula is C19H20BrN2OS-. The lowest BCUT2D eigenvalue weighted by molar-refractivity contribution is -0.0000122. The summed E-state index contributed by atoms with van der Waals surface area (Å²) in [5.74, 6) is 0.0807. The summed E-state index contributed by atoms with van der Waals surface area (Å²) in [5, 5.41) is 4.04. The molecule has 1 heterocycles. The first-order valence-electron chi connectivity index (χ1n) is 7.70. The SMILES string of the molecule is Cc1ccc(C(=O)C(C)Nc2nc3c(C)c(C)ccc3s2)cc1.[Br-]. The van der Waals surface area contributed by atoms with Crippen LogP contribution in [0, 0.1) is 20.8 Å². The molecule has 0 aliphatic carbocycles. The second-order valence-electron chi connectivity index (χ2n) is 5.97. The number of rotatable bonds is 4. The lowest BCUT2D eigenvalue weighted by Gasteiger charge is -2.11. The predicted octanol–water partition coefficient (Wildman–Crippen LogP) is 1.91. The van der Waals surface area contributed by atoms with Crippen LogP contribution >= 0.6 is 11.3 Å². The van der Waals surface area contributed by atoms with Crippen LogP contribution in [0.1, 0.15) is 34.0 Å². The van der Waals surface area contributed by atoms with Gasteiger partial charge in [0.15, 0.2) is 10.9 Å². The van der Waals surface area contributed by atoms with Gasteiger partial charge in [0.2, 0.25) is 0 Å². The number of aryl methyl sites for hydroxylation is 3. The van der Waals surface area contributed by atoms with E-state index < -0.39 is 0 Å². The molecule has 0 saturated heterocycles. The predicted molar refractivity (Wildman–Crippen MR) is 97.7 cm³/mol. The molecule has 2 aromatic carbocycles. The number of thiazole rings is 1. The molecule has 1 N–H and O–H groups in total. The van der Waals surface area contributed by atoms with Gasteiger partial charge in [-0.2, -0.15) is 0 Å². The number of nitrogens with one attached hydrogen (secondary N) is 1. The summed E-state index contributed by atoms with van der Waals surface area (Å²) in [6.07, 6.45) is 0. The summed E-state index contributed by atoms with van der Waals surface area (Å²) >= 11 is 1.59. The second-order valence-corrected chi connectivity index (χ2v) is 7.00. The lowest BCUT2D eigenvalue weighted by Crippen LogP contribution is -3.00. The lowest BCUT2D eigenvalue weighted by atomic mass is 10.0. The van der Waals surface area contributed by atoms with Gasteiger partial charge < -0.3 is 22.3 Å². The first-order valence-corrected chi connectivity index (χ1v) is 8.51. The summed E-state index contributed by atoms with van der Waals surface area (Å²) in [6, 6.07) is 11.6. The number of ketones is 1. The molecule has 0 spiro atoms. The van der Waals surface area contributed by atoms with Crippen LogP contribution in [-0.4, -0.2) is 16.8 Å². The Balaban J connectivity index is 0.00000208. The molecule has 0 amide bonds. The van der Waals surface area contributed by atoms with Gasteiger partial charge in [0, 0.05) is 5.56 Å². The number of carbonyl (C=O) groups is 1. The van der Waals surface area contributed by atoms with Gasteiger partial charge in [0.05, 0.1) is 16.3 Å². The molecule has 126 valence electrons. The average Bonchev–Trinajstić information content (AvgIpc) is 2.94. The quantitative estimate of drug-likeness (QED) is 0.676. The van der Waals surface area contributed by atoms with E-state index in [0.717, 1.165) is 26.5 Å². The zero-order valence-corrected chi connectivity index (χ0v) is 16.6. The fourth-order valence-electron chi connectivity index (χ4n) is 2.51. The summed E-state index contributed by atoms with van der Waals surface area (Å²) in [4.78, 5) is 17.2. The van der Waals surface area contributed by atoms with E-state index in [1.54, 1.807) is 11.3 Å². The Kier molecular flexibility index (Phi) is 5.78. The van der Waals surface area contributed by atoms with E-state index >= 15 is 0 Å². The van der Waals surface area contributed by atoms with Crippen molar-refractivity contribution in [2.75, 3.05) is 5.32 Å². The van der Waals surface area contributed by atoms with Crippen molar-refractivity contribution in [1.29, 1.82) is 0 Å². The largest absolute Gasteiger partial charge is 1.00 e. The van der Waals surface area contributed by atoms with Gasteiger partial charge in [-0.05, 0) is 44.9 Å². The highest BCUT2D eigenvalue weighted by Gasteiger charge is 2.17. The maximum Gasteiger partial charge on any atom is 0.184 e. The Morgan fingerprint density at radius 3 is 2.42 bits per heavy atom. The molecule has 3 rings (SSSR count). The number of hydrogen-bond acceptors (Lipinski definition) is 4. The number of nitrogens with zero attached hydrogens (tertiary/aromatic N) is 1. The number of Topliss-reactive ketones (excluding diaryl/α,β-unsaturated/α-hetero) is 1. The smallest absolute Gasteiger partial charge is 0.184 e. The maximum atomic E-state index is 12.5. The molecule has 0 bridgehead atoms. The van der Waals surface area contributed by atoms with Crippen molar-refractivity contribution in [2.45, 2.75) is 33.7 Å². The Labute approximate surface area is 156 Å². The maximum absolute atomic E-state index is 12.5. The summed E-state index contributed by atoms with van der Waals surface area (Å²) in [5.41, 5.74) is 5.33. The highest BCUT2D eigenvalue weighted by molar-refractivity contribution is 7.22. The van der Waals surface area contributed by atoms with E-state index in [-0.39, 0.29) is 28.8 Å². The molecule has 1 atom stereocenters. The van der Waals surface area contributed by atoms with Crippen LogP contribution in [-0.2, 0) is 0 Å². The molecule has 1 unspecified atom stereocenters. The summed E-state index contributed by atoms with van der Waals surface area (Å²) in [6.45, 7) is 8.07.